The fourth-order valence-electron chi connectivity index (χ4n) is 2.92. The van der Waals surface area contributed by atoms with Gasteiger partial charge in [-0.25, -0.2) is 0 Å². The van der Waals surface area contributed by atoms with Crippen molar-refractivity contribution in [3.05, 3.63) is 100 Å². The second kappa shape index (κ2) is 10.2. The van der Waals surface area contributed by atoms with Crippen LogP contribution in [0.3, 0.4) is 0 Å². The van der Waals surface area contributed by atoms with Crippen LogP contribution in [-0.2, 0) is 22.7 Å². The number of nitrogens with one attached hydrogen (secondary N) is 1. The predicted octanol–water partition coefficient (Wildman–Crippen LogP) is 4.28. The van der Waals surface area contributed by atoms with Crippen molar-refractivity contribution >= 4 is 46.0 Å². The number of carbonyl (C=O) groups excluding carboxylic acids is 2. The number of halogens is 1. The molecule has 0 saturated carbocycles. The summed E-state index contributed by atoms with van der Waals surface area (Å²) in [5, 5.41) is 3.83. The quantitative estimate of drug-likeness (QED) is 0.551. The predicted molar refractivity (Wildman–Crippen MR) is 126 cm³/mol. The smallest absolute Gasteiger partial charge is 0.267 e. The van der Waals surface area contributed by atoms with Crippen LogP contribution in [0.1, 0.15) is 11.1 Å². The average molecular weight is 464 g/mol. The Morgan fingerprint density at radius 3 is 2.41 bits per heavy atom. The lowest BCUT2D eigenvalue weighted by atomic mass is 10.2. The minimum absolute atomic E-state index is 0.282. The Hall–Kier alpha value is -3.49. The van der Waals surface area contributed by atoms with Crippen LogP contribution in [-0.4, -0.2) is 31.8 Å². The Labute approximate surface area is 194 Å². The zero-order valence-electron chi connectivity index (χ0n) is 16.8. The lowest BCUT2D eigenvalue weighted by Crippen LogP contribution is -2.29. The molecule has 1 aliphatic rings. The number of benzene rings is 1. The van der Waals surface area contributed by atoms with E-state index in [4.69, 9.17) is 11.6 Å². The summed E-state index contributed by atoms with van der Waals surface area (Å²) in [6, 6.07) is 14.2. The normalized spacial score (nSPS) is 16.0. The van der Waals surface area contributed by atoms with Crippen LogP contribution in [0.5, 0.6) is 0 Å². The van der Waals surface area contributed by atoms with Gasteiger partial charge < -0.3 is 5.32 Å². The topological polar surface area (TPSA) is 87.6 Å². The first-order valence-corrected chi connectivity index (χ1v) is 10.9. The minimum Gasteiger partial charge on any atom is -0.322 e. The molecule has 1 N–H and O–H groups in total. The third-order valence-electron chi connectivity index (χ3n) is 4.45. The summed E-state index contributed by atoms with van der Waals surface area (Å²) in [6.45, 7) is 0.679. The van der Waals surface area contributed by atoms with Crippen LogP contribution in [0.15, 0.2) is 89.3 Å². The number of carbonyl (C=O) groups is 2. The molecule has 0 bridgehead atoms. The monoisotopic (exact) mass is 463 g/mol. The molecule has 160 valence electrons. The molecule has 3 heterocycles. The van der Waals surface area contributed by atoms with Crippen molar-refractivity contribution in [1.29, 1.82) is 0 Å². The first-order chi connectivity index (χ1) is 15.6. The van der Waals surface area contributed by atoms with Crippen LogP contribution in [0.25, 0.3) is 0 Å². The Morgan fingerprint density at radius 2 is 1.75 bits per heavy atom. The van der Waals surface area contributed by atoms with E-state index in [9.17, 15) is 9.59 Å². The first-order valence-electron chi connectivity index (χ1n) is 9.69. The van der Waals surface area contributed by atoms with Crippen molar-refractivity contribution in [2.75, 3.05) is 5.32 Å². The SMILES string of the molecule is O=C(C=C1SC(=NCc2cccnc2)N(Cc2cccnc2)C1=O)Nc1ccc(Cl)cc1. The van der Waals surface area contributed by atoms with E-state index in [1.807, 2.05) is 24.3 Å². The van der Waals surface area contributed by atoms with E-state index in [1.54, 1.807) is 54.0 Å². The average Bonchev–Trinajstić information content (AvgIpc) is 3.09. The summed E-state index contributed by atoms with van der Waals surface area (Å²) in [6.07, 6.45) is 8.09. The van der Waals surface area contributed by atoms with Crippen LogP contribution in [0.2, 0.25) is 5.02 Å². The third-order valence-corrected chi connectivity index (χ3v) is 5.74. The number of hydrogen-bond donors (Lipinski definition) is 1. The van der Waals surface area contributed by atoms with E-state index in [0.717, 1.165) is 11.1 Å². The maximum Gasteiger partial charge on any atom is 0.267 e. The molecular weight excluding hydrogens is 446 g/mol. The third kappa shape index (κ3) is 5.60. The summed E-state index contributed by atoms with van der Waals surface area (Å²) in [5.74, 6) is -0.687. The molecule has 7 nitrogen and oxygen atoms in total. The maximum absolute atomic E-state index is 13.1. The zero-order valence-corrected chi connectivity index (χ0v) is 18.4. The molecule has 32 heavy (non-hydrogen) atoms. The van der Waals surface area contributed by atoms with Gasteiger partial charge in [0.2, 0.25) is 5.91 Å². The van der Waals surface area contributed by atoms with Gasteiger partial charge in [0.05, 0.1) is 18.0 Å². The highest BCUT2D eigenvalue weighted by Crippen LogP contribution is 2.32. The van der Waals surface area contributed by atoms with Crippen molar-refractivity contribution in [2.24, 2.45) is 4.99 Å². The number of pyridine rings is 2. The van der Waals surface area contributed by atoms with Gasteiger partial charge >= 0.3 is 0 Å². The number of hydrogen-bond acceptors (Lipinski definition) is 6. The fourth-order valence-corrected chi connectivity index (χ4v) is 3.99. The highest BCUT2D eigenvalue weighted by molar-refractivity contribution is 8.18. The van der Waals surface area contributed by atoms with Gasteiger partial charge in [-0.15, -0.1) is 0 Å². The van der Waals surface area contributed by atoms with Gasteiger partial charge in [0.25, 0.3) is 5.91 Å². The highest BCUT2D eigenvalue weighted by Gasteiger charge is 2.34. The van der Waals surface area contributed by atoms with E-state index in [1.165, 1.54) is 17.8 Å². The number of amides is 2. The summed E-state index contributed by atoms with van der Waals surface area (Å²) < 4.78 is 0. The summed E-state index contributed by atoms with van der Waals surface area (Å²) in [5.41, 5.74) is 2.37. The lowest BCUT2D eigenvalue weighted by Gasteiger charge is -2.15. The van der Waals surface area contributed by atoms with Gasteiger partial charge in [0, 0.05) is 41.6 Å². The largest absolute Gasteiger partial charge is 0.322 e. The van der Waals surface area contributed by atoms with Crippen LogP contribution in [0.4, 0.5) is 5.69 Å². The van der Waals surface area contributed by atoms with E-state index in [-0.39, 0.29) is 5.91 Å². The second-order valence-electron chi connectivity index (χ2n) is 6.82. The van der Waals surface area contributed by atoms with Gasteiger partial charge in [0.15, 0.2) is 5.17 Å². The molecule has 2 aromatic heterocycles. The van der Waals surface area contributed by atoms with Crippen LogP contribution >= 0.6 is 23.4 Å². The fraction of sp³-hybridized carbons (Fsp3) is 0.0870. The lowest BCUT2D eigenvalue weighted by molar-refractivity contribution is -0.123. The van der Waals surface area contributed by atoms with Crippen molar-refractivity contribution in [3.8, 4) is 0 Å². The molecular formula is C23H18ClN5O2S. The number of amidine groups is 1. The van der Waals surface area contributed by atoms with Crippen molar-refractivity contribution < 1.29 is 9.59 Å². The molecule has 0 radical (unpaired) electrons. The van der Waals surface area contributed by atoms with Gasteiger partial charge in [-0.1, -0.05) is 23.7 Å². The summed E-state index contributed by atoms with van der Waals surface area (Å²) in [4.78, 5) is 40.2. The molecule has 0 atom stereocenters. The van der Waals surface area contributed by atoms with Crippen molar-refractivity contribution in [3.63, 3.8) is 0 Å². The molecule has 0 aliphatic carbocycles. The van der Waals surface area contributed by atoms with Crippen molar-refractivity contribution in [2.45, 2.75) is 13.1 Å². The molecule has 3 aromatic rings. The van der Waals surface area contributed by atoms with Gasteiger partial charge in [-0.05, 0) is 59.3 Å². The Bertz CT molecular complexity index is 1170. The van der Waals surface area contributed by atoms with Gasteiger partial charge in [-0.3, -0.25) is 29.4 Å². The molecule has 2 amide bonds. The molecule has 9 heteroatoms. The van der Waals surface area contributed by atoms with E-state index >= 15 is 0 Å². The van der Waals surface area contributed by atoms with Crippen molar-refractivity contribution in [1.82, 2.24) is 14.9 Å². The molecule has 1 aromatic carbocycles. The second-order valence-corrected chi connectivity index (χ2v) is 8.26. The standard InChI is InChI=1S/C23H18ClN5O2S/c24-18-5-7-19(8-6-18)28-21(30)11-20-22(31)29(15-17-4-2-10-26-13-17)23(32-20)27-14-16-3-1-9-25-12-16/h1-13H,14-15H2,(H,28,30). The Morgan fingerprint density at radius 1 is 1.06 bits per heavy atom. The van der Waals surface area contributed by atoms with Crippen LogP contribution < -0.4 is 5.32 Å². The number of thioether (sulfide) groups is 1. The van der Waals surface area contributed by atoms with Gasteiger partial charge in [0.1, 0.15) is 0 Å². The van der Waals surface area contributed by atoms with E-state index in [0.29, 0.717) is 33.9 Å². The first kappa shape index (κ1) is 21.7. The molecule has 1 saturated heterocycles. The molecule has 0 spiro atoms. The molecule has 4 rings (SSSR count). The van der Waals surface area contributed by atoms with E-state index < -0.39 is 5.91 Å². The molecule has 1 aliphatic heterocycles. The number of anilines is 1. The van der Waals surface area contributed by atoms with E-state index in [2.05, 4.69) is 20.3 Å². The number of aliphatic imine (C=N–C) groups is 1. The molecule has 0 unspecified atom stereocenters. The minimum atomic E-state index is -0.405. The van der Waals surface area contributed by atoms with Gasteiger partial charge in [-0.2, -0.15) is 0 Å². The highest BCUT2D eigenvalue weighted by atomic mass is 35.5. The zero-order chi connectivity index (χ0) is 22.3. The summed E-state index contributed by atoms with van der Waals surface area (Å²) >= 11 is 7.05. The number of nitrogens with zero attached hydrogens (tertiary/aromatic N) is 4. The Balaban J connectivity index is 1.55. The van der Waals surface area contributed by atoms with Crippen LogP contribution in [0, 0.1) is 0 Å². The number of aromatic nitrogens is 2. The Kier molecular flexibility index (Phi) is 6.94. The maximum atomic E-state index is 13.1. The number of rotatable bonds is 6. The summed E-state index contributed by atoms with van der Waals surface area (Å²) in [7, 11) is 0. The molecule has 1 fully saturated rings.